The number of nitrogens with zero attached hydrogens (tertiary/aromatic N) is 1. The minimum absolute atomic E-state index is 0.331. The molecule has 1 rings (SSSR count). The quantitative estimate of drug-likeness (QED) is 0.589. The maximum absolute atomic E-state index is 10.9. The average molecular weight is 166 g/mol. The molecule has 1 aliphatic rings. The van der Waals surface area contributed by atoms with E-state index in [1.165, 1.54) is 19.4 Å². The molecule has 0 amide bonds. The molecule has 1 aliphatic heterocycles. The normalized spacial score (nSPS) is 25.3. The molecular weight excluding hydrogens is 149 g/mol. The van der Waals surface area contributed by atoms with Gasteiger partial charge in [-0.15, -0.1) is 0 Å². The summed E-state index contributed by atoms with van der Waals surface area (Å²) in [7, 11) is 2.13. The van der Waals surface area contributed by atoms with Gasteiger partial charge in [-0.25, -0.2) is 0 Å². The Labute approximate surface area is 75.6 Å². The van der Waals surface area contributed by atoms with Gasteiger partial charge in [-0.05, 0) is 38.8 Å². The van der Waals surface area contributed by atoms with Crippen LogP contribution in [-0.2, 0) is 4.79 Å². The van der Waals surface area contributed by atoms with Crippen molar-refractivity contribution in [2.24, 2.45) is 5.92 Å². The van der Waals surface area contributed by atoms with E-state index in [0.29, 0.717) is 11.7 Å². The smallest absolute Gasteiger partial charge is 0.205 e. The third kappa shape index (κ3) is 2.98. The van der Waals surface area contributed by atoms with Gasteiger partial charge in [0.1, 0.15) is 5.78 Å². The van der Waals surface area contributed by atoms with E-state index in [0.717, 1.165) is 13.0 Å². The van der Waals surface area contributed by atoms with Gasteiger partial charge in [0.2, 0.25) is 7.41 Å². The summed E-state index contributed by atoms with van der Waals surface area (Å²) in [5.74, 6) is 0.936. The highest BCUT2D eigenvalue weighted by Crippen LogP contribution is 2.18. The van der Waals surface area contributed by atoms with Crippen LogP contribution >= 0.6 is 0 Å². The van der Waals surface area contributed by atoms with E-state index >= 15 is 0 Å². The Hall–Kier alpha value is -0.305. The molecule has 1 unspecified atom stereocenters. The second kappa shape index (κ2) is 4.66. The Kier molecular flexibility index (Phi) is 3.79. The molecule has 0 aliphatic carbocycles. The van der Waals surface area contributed by atoms with Crippen molar-refractivity contribution in [3.63, 3.8) is 0 Å². The Morgan fingerprint density at radius 2 is 2.42 bits per heavy atom. The number of carbonyl (C=O) groups excluding carboxylic acids is 1. The van der Waals surface area contributed by atoms with E-state index in [2.05, 4.69) is 19.0 Å². The summed E-state index contributed by atoms with van der Waals surface area (Å²) in [5.41, 5.74) is 0. The van der Waals surface area contributed by atoms with Crippen molar-refractivity contribution in [3.05, 3.63) is 0 Å². The van der Waals surface area contributed by atoms with Gasteiger partial charge in [0.25, 0.3) is 0 Å². The van der Waals surface area contributed by atoms with Gasteiger partial charge in [0.15, 0.2) is 0 Å². The predicted octanol–water partition coefficient (Wildman–Crippen LogP) is 1.34. The first kappa shape index (κ1) is 9.78. The monoisotopic (exact) mass is 166 g/mol. The number of Topliss-reactive ketones (excluding diaryl/α,β-unsaturated/α-hetero) is 1. The molecule has 1 saturated heterocycles. The average Bonchev–Trinajstić information content (AvgIpc) is 2.03. The van der Waals surface area contributed by atoms with Crippen LogP contribution in [0.15, 0.2) is 0 Å². The van der Waals surface area contributed by atoms with Crippen LogP contribution in [0.25, 0.3) is 0 Å². The molecule has 67 valence electrons. The number of rotatable bonds is 3. The lowest BCUT2D eigenvalue weighted by Gasteiger charge is -2.31. The molecule has 3 heteroatoms. The van der Waals surface area contributed by atoms with Crippen LogP contribution in [0.2, 0.25) is 6.82 Å². The number of ketones is 1. The first-order valence-electron chi connectivity index (χ1n) is 4.75. The summed E-state index contributed by atoms with van der Waals surface area (Å²) >= 11 is 0. The summed E-state index contributed by atoms with van der Waals surface area (Å²) in [4.78, 5) is 13.2. The van der Waals surface area contributed by atoms with E-state index in [1.54, 1.807) is 6.92 Å². The van der Waals surface area contributed by atoms with Gasteiger partial charge in [-0.1, -0.05) is 6.82 Å². The van der Waals surface area contributed by atoms with Crippen molar-refractivity contribution in [2.45, 2.75) is 33.0 Å². The molecule has 0 bridgehead atoms. The standard InChI is InChI=1S/C9H17BNO/c1-8(12)6-9-4-3-5-11(7-9)10-2/h9H,3-7H2,1-2H3. The Morgan fingerprint density at radius 1 is 1.67 bits per heavy atom. The van der Waals surface area contributed by atoms with Crippen LogP contribution < -0.4 is 0 Å². The molecule has 0 aromatic rings. The zero-order valence-electron chi connectivity index (χ0n) is 8.05. The van der Waals surface area contributed by atoms with Crippen molar-refractivity contribution < 1.29 is 4.79 Å². The third-order valence-corrected chi connectivity index (χ3v) is 2.49. The fourth-order valence-electron chi connectivity index (χ4n) is 1.90. The Balaban J connectivity index is 2.30. The molecule has 1 radical (unpaired) electrons. The topological polar surface area (TPSA) is 20.3 Å². The Bertz CT molecular complexity index is 161. The van der Waals surface area contributed by atoms with E-state index in [-0.39, 0.29) is 0 Å². The van der Waals surface area contributed by atoms with Gasteiger partial charge in [0.05, 0.1) is 0 Å². The van der Waals surface area contributed by atoms with Gasteiger partial charge in [-0.3, -0.25) is 0 Å². The number of piperidine rings is 1. The summed E-state index contributed by atoms with van der Waals surface area (Å²) in [6.07, 6.45) is 3.23. The lowest BCUT2D eigenvalue weighted by atomic mass is 9.86. The predicted molar refractivity (Wildman–Crippen MR) is 51.2 cm³/mol. The summed E-state index contributed by atoms with van der Waals surface area (Å²) < 4.78 is 0. The summed E-state index contributed by atoms with van der Waals surface area (Å²) in [6, 6.07) is 0. The van der Waals surface area contributed by atoms with Crippen LogP contribution in [0, 0.1) is 5.92 Å². The van der Waals surface area contributed by atoms with E-state index in [1.807, 2.05) is 0 Å². The SMILES string of the molecule is C[B]N1CCCC(CC(C)=O)C1. The Morgan fingerprint density at radius 3 is 3.00 bits per heavy atom. The van der Waals surface area contributed by atoms with Gasteiger partial charge >= 0.3 is 0 Å². The lowest BCUT2D eigenvalue weighted by molar-refractivity contribution is -0.118. The first-order chi connectivity index (χ1) is 5.72. The van der Waals surface area contributed by atoms with Crippen LogP contribution in [0.3, 0.4) is 0 Å². The van der Waals surface area contributed by atoms with Crippen LogP contribution in [0.1, 0.15) is 26.2 Å². The molecule has 0 aromatic heterocycles. The third-order valence-electron chi connectivity index (χ3n) is 2.49. The first-order valence-corrected chi connectivity index (χ1v) is 4.75. The van der Waals surface area contributed by atoms with Gasteiger partial charge < -0.3 is 9.61 Å². The molecule has 2 nitrogen and oxygen atoms in total. The number of hydrogen-bond acceptors (Lipinski definition) is 2. The second-order valence-corrected chi connectivity index (χ2v) is 3.67. The molecular formula is C9H17BNO. The fraction of sp³-hybridized carbons (Fsp3) is 0.889. The maximum Gasteiger partial charge on any atom is 0.205 e. The highest BCUT2D eigenvalue weighted by molar-refractivity contribution is 6.29. The summed E-state index contributed by atoms with van der Waals surface area (Å²) in [6.45, 7) is 6.01. The molecule has 0 saturated carbocycles. The zero-order chi connectivity index (χ0) is 8.97. The van der Waals surface area contributed by atoms with E-state index in [4.69, 9.17) is 0 Å². The molecule has 0 N–H and O–H groups in total. The maximum atomic E-state index is 10.9. The van der Waals surface area contributed by atoms with Crippen LogP contribution in [-0.4, -0.2) is 31.1 Å². The zero-order valence-corrected chi connectivity index (χ0v) is 8.05. The van der Waals surface area contributed by atoms with Crippen molar-refractivity contribution in [3.8, 4) is 0 Å². The van der Waals surface area contributed by atoms with Crippen LogP contribution in [0.5, 0.6) is 0 Å². The highest BCUT2D eigenvalue weighted by atomic mass is 16.1. The lowest BCUT2D eigenvalue weighted by Crippen LogP contribution is -2.37. The highest BCUT2D eigenvalue weighted by Gasteiger charge is 2.19. The van der Waals surface area contributed by atoms with Gasteiger partial charge in [0, 0.05) is 6.42 Å². The molecule has 1 atom stereocenters. The molecule has 1 heterocycles. The number of hydrogen-bond donors (Lipinski definition) is 0. The molecule has 0 aromatic carbocycles. The minimum Gasteiger partial charge on any atom is -0.347 e. The van der Waals surface area contributed by atoms with E-state index < -0.39 is 0 Å². The van der Waals surface area contributed by atoms with Crippen LogP contribution in [0.4, 0.5) is 0 Å². The summed E-state index contributed by atoms with van der Waals surface area (Å²) in [5, 5.41) is 0. The van der Waals surface area contributed by atoms with Crippen molar-refractivity contribution in [1.82, 2.24) is 4.81 Å². The molecule has 12 heavy (non-hydrogen) atoms. The largest absolute Gasteiger partial charge is 0.347 e. The second-order valence-electron chi connectivity index (χ2n) is 3.67. The van der Waals surface area contributed by atoms with Crippen molar-refractivity contribution in [2.75, 3.05) is 13.1 Å². The fourth-order valence-corrected chi connectivity index (χ4v) is 1.90. The van der Waals surface area contributed by atoms with Crippen molar-refractivity contribution >= 4 is 13.2 Å². The number of carbonyl (C=O) groups is 1. The van der Waals surface area contributed by atoms with Gasteiger partial charge in [-0.2, -0.15) is 0 Å². The van der Waals surface area contributed by atoms with E-state index in [9.17, 15) is 4.79 Å². The molecule has 1 fully saturated rings. The van der Waals surface area contributed by atoms with Crippen molar-refractivity contribution in [1.29, 1.82) is 0 Å². The molecule has 0 spiro atoms. The minimum atomic E-state index is 0.331.